The van der Waals surface area contributed by atoms with E-state index in [-0.39, 0.29) is 11.9 Å². The first kappa shape index (κ1) is 13.2. The van der Waals surface area contributed by atoms with Gasteiger partial charge in [-0.1, -0.05) is 12.1 Å². The molecule has 1 fully saturated rings. The molecule has 1 aromatic heterocycles. The lowest BCUT2D eigenvalue weighted by Gasteiger charge is -2.24. The van der Waals surface area contributed by atoms with Crippen molar-refractivity contribution in [2.75, 3.05) is 13.7 Å². The summed E-state index contributed by atoms with van der Waals surface area (Å²) in [6.45, 7) is 0.832. The Morgan fingerprint density at radius 3 is 3.00 bits per heavy atom. The molecule has 0 bridgehead atoms. The fraction of sp³-hybridized carbons (Fsp3) is 0.312. The van der Waals surface area contributed by atoms with Crippen molar-refractivity contribution in [3.63, 3.8) is 0 Å². The molecule has 1 atom stereocenters. The van der Waals surface area contributed by atoms with Gasteiger partial charge in [-0.3, -0.25) is 4.79 Å². The van der Waals surface area contributed by atoms with Crippen LogP contribution in [0.3, 0.4) is 0 Å². The zero-order valence-corrected chi connectivity index (χ0v) is 12.2. The average molecular weight is 287 g/mol. The maximum absolute atomic E-state index is 12.7. The molecule has 1 amide bonds. The Hall–Kier alpha value is -1.81. The van der Waals surface area contributed by atoms with Crippen molar-refractivity contribution in [1.29, 1.82) is 0 Å². The second-order valence-electron chi connectivity index (χ2n) is 4.90. The predicted octanol–water partition coefficient (Wildman–Crippen LogP) is 3.73. The fourth-order valence-corrected chi connectivity index (χ4v) is 3.58. The number of hydrogen-bond acceptors (Lipinski definition) is 3. The van der Waals surface area contributed by atoms with Crippen LogP contribution in [0.2, 0.25) is 0 Å². The summed E-state index contributed by atoms with van der Waals surface area (Å²) in [5.41, 5.74) is 0.702. The van der Waals surface area contributed by atoms with Gasteiger partial charge in [0.05, 0.1) is 13.2 Å². The van der Waals surface area contributed by atoms with E-state index in [0.29, 0.717) is 5.56 Å². The van der Waals surface area contributed by atoms with Gasteiger partial charge in [0, 0.05) is 17.0 Å². The molecule has 1 aromatic carbocycles. The second kappa shape index (κ2) is 5.67. The highest BCUT2D eigenvalue weighted by Crippen LogP contribution is 2.35. The summed E-state index contributed by atoms with van der Waals surface area (Å²) in [7, 11) is 1.62. The Labute approximate surface area is 122 Å². The summed E-state index contributed by atoms with van der Waals surface area (Å²) >= 11 is 1.73. The third-order valence-corrected chi connectivity index (χ3v) is 4.68. The number of carbonyl (C=O) groups is 1. The molecule has 0 saturated carbocycles. The molecule has 2 aromatic rings. The Balaban J connectivity index is 1.85. The number of nitrogens with zero attached hydrogens (tertiary/aromatic N) is 1. The van der Waals surface area contributed by atoms with Gasteiger partial charge in [0.15, 0.2) is 0 Å². The summed E-state index contributed by atoms with van der Waals surface area (Å²) in [6.07, 6.45) is 2.12. The molecule has 3 rings (SSSR count). The van der Waals surface area contributed by atoms with Crippen LogP contribution in [0.15, 0.2) is 41.8 Å². The Bertz CT molecular complexity index is 594. The lowest BCUT2D eigenvalue weighted by molar-refractivity contribution is 0.0737. The molecular formula is C16H17NO2S. The SMILES string of the molecule is COc1cccc(C(=O)N2CCCC2c2cccs2)c1. The van der Waals surface area contributed by atoms with Gasteiger partial charge >= 0.3 is 0 Å². The van der Waals surface area contributed by atoms with Gasteiger partial charge in [0.1, 0.15) is 5.75 Å². The van der Waals surface area contributed by atoms with E-state index in [9.17, 15) is 4.79 Å². The first-order valence-corrected chi connectivity index (χ1v) is 7.66. The van der Waals surface area contributed by atoms with Crippen molar-refractivity contribution in [3.8, 4) is 5.75 Å². The Morgan fingerprint density at radius 2 is 2.25 bits per heavy atom. The van der Waals surface area contributed by atoms with Crippen molar-refractivity contribution >= 4 is 17.2 Å². The maximum Gasteiger partial charge on any atom is 0.254 e. The topological polar surface area (TPSA) is 29.5 Å². The molecule has 0 aliphatic carbocycles. The van der Waals surface area contributed by atoms with Crippen LogP contribution in [-0.2, 0) is 0 Å². The minimum absolute atomic E-state index is 0.0970. The molecule has 104 valence electrons. The molecular weight excluding hydrogens is 270 g/mol. The highest BCUT2D eigenvalue weighted by molar-refractivity contribution is 7.10. The average Bonchev–Trinajstić information content (AvgIpc) is 3.16. The van der Waals surface area contributed by atoms with E-state index in [0.717, 1.165) is 25.1 Å². The summed E-state index contributed by atoms with van der Waals surface area (Å²) in [4.78, 5) is 16.0. The molecule has 3 nitrogen and oxygen atoms in total. The number of hydrogen-bond donors (Lipinski definition) is 0. The van der Waals surface area contributed by atoms with Crippen molar-refractivity contribution in [3.05, 3.63) is 52.2 Å². The van der Waals surface area contributed by atoms with Crippen LogP contribution in [0, 0.1) is 0 Å². The van der Waals surface area contributed by atoms with E-state index < -0.39 is 0 Å². The molecule has 1 aliphatic rings. The van der Waals surface area contributed by atoms with E-state index in [1.54, 1.807) is 18.4 Å². The quantitative estimate of drug-likeness (QED) is 0.860. The van der Waals surface area contributed by atoms with Gasteiger partial charge < -0.3 is 9.64 Å². The lowest BCUT2D eigenvalue weighted by atomic mass is 10.1. The normalized spacial score (nSPS) is 18.2. The predicted molar refractivity (Wildman–Crippen MR) is 80.3 cm³/mol. The maximum atomic E-state index is 12.7. The van der Waals surface area contributed by atoms with E-state index in [1.807, 2.05) is 35.2 Å². The minimum atomic E-state index is 0.0970. The van der Waals surface area contributed by atoms with Gasteiger partial charge in [-0.25, -0.2) is 0 Å². The van der Waals surface area contributed by atoms with E-state index in [1.165, 1.54) is 4.88 Å². The number of likely N-dealkylation sites (tertiary alicyclic amines) is 1. The third kappa shape index (κ3) is 2.43. The number of carbonyl (C=O) groups excluding carboxylic acids is 1. The highest BCUT2D eigenvalue weighted by atomic mass is 32.1. The van der Waals surface area contributed by atoms with E-state index >= 15 is 0 Å². The van der Waals surface area contributed by atoms with Gasteiger partial charge in [0.2, 0.25) is 0 Å². The smallest absolute Gasteiger partial charge is 0.254 e. The number of thiophene rings is 1. The van der Waals surface area contributed by atoms with Crippen molar-refractivity contribution in [1.82, 2.24) is 4.90 Å². The largest absolute Gasteiger partial charge is 0.497 e. The zero-order valence-electron chi connectivity index (χ0n) is 11.4. The van der Waals surface area contributed by atoms with Crippen LogP contribution in [0.25, 0.3) is 0 Å². The molecule has 1 saturated heterocycles. The van der Waals surface area contributed by atoms with Crippen LogP contribution in [-0.4, -0.2) is 24.5 Å². The summed E-state index contributed by atoms with van der Waals surface area (Å²) in [5.74, 6) is 0.822. The first-order valence-electron chi connectivity index (χ1n) is 6.78. The highest BCUT2D eigenvalue weighted by Gasteiger charge is 2.31. The van der Waals surface area contributed by atoms with Gasteiger partial charge in [-0.05, 0) is 42.5 Å². The van der Waals surface area contributed by atoms with Crippen LogP contribution in [0.5, 0.6) is 5.75 Å². The lowest BCUT2D eigenvalue weighted by Crippen LogP contribution is -2.30. The third-order valence-electron chi connectivity index (χ3n) is 3.70. The molecule has 1 aliphatic heterocycles. The molecule has 0 spiro atoms. The van der Waals surface area contributed by atoms with E-state index in [4.69, 9.17) is 4.74 Å². The molecule has 20 heavy (non-hydrogen) atoms. The first-order chi connectivity index (χ1) is 9.79. The number of methoxy groups -OCH3 is 1. The van der Waals surface area contributed by atoms with Gasteiger partial charge in [-0.2, -0.15) is 0 Å². The summed E-state index contributed by atoms with van der Waals surface area (Å²) in [5, 5.41) is 2.07. The molecule has 0 N–H and O–H groups in total. The Kier molecular flexibility index (Phi) is 3.74. The van der Waals surface area contributed by atoms with Crippen LogP contribution >= 0.6 is 11.3 Å². The summed E-state index contributed by atoms with van der Waals surface area (Å²) in [6, 6.07) is 11.8. The van der Waals surface area contributed by atoms with Crippen molar-refractivity contribution < 1.29 is 9.53 Å². The minimum Gasteiger partial charge on any atom is -0.497 e. The number of benzene rings is 1. The standard InChI is InChI=1S/C16H17NO2S/c1-19-13-6-2-5-12(11-13)16(18)17-9-3-7-14(17)15-8-4-10-20-15/h2,4-6,8,10-11,14H,3,7,9H2,1H3. The Morgan fingerprint density at radius 1 is 1.35 bits per heavy atom. The van der Waals surface area contributed by atoms with Crippen molar-refractivity contribution in [2.24, 2.45) is 0 Å². The molecule has 1 unspecified atom stereocenters. The van der Waals surface area contributed by atoms with Gasteiger partial charge in [-0.15, -0.1) is 11.3 Å². The summed E-state index contributed by atoms with van der Waals surface area (Å²) < 4.78 is 5.20. The molecule has 0 radical (unpaired) electrons. The number of rotatable bonds is 3. The van der Waals surface area contributed by atoms with Crippen molar-refractivity contribution in [2.45, 2.75) is 18.9 Å². The molecule has 4 heteroatoms. The van der Waals surface area contributed by atoms with E-state index in [2.05, 4.69) is 11.4 Å². The number of amides is 1. The second-order valence-corrected chi connectivity index (χ2v) is 5.88. The van der Waals surface area contributed by atoms with Crippen LogP contribution < -0.4 is 4.74 Å². The number of ether oxygens (including phenoxy) is 1. The monoisotopic (exact) mass is 287 g/mol. The fourth-order valence-electron chi connectivity index (χ4n) is 2.71. The molecule has 2 heterocycles. The van der Waals surface area contributed by atoms with Gasteiger partial charge in [0.25, 0.3) is 5.91 Å². The van der Waals surface area contributed by atoms with Crippen LogP contribution in [0.1, 0.15) is 34.1 Å². The van der Waals surface area contributed by atoms with Crippen LogP contribution in [0.4, 0.5) is 0 Å². The zero-order chi connectivity index (χ0) is 13.9.